The number of hydrogen-bond donors (Lipinski definition) is 2. The third-order valence-corrected chi connectivity index (χ3v) is 4.42. The van der Waals surface area contributed by atoms with Crippen LogP contribution in [0.15, 0.2) is 54.7 Å². The van der Waals surface area contributed by atoms with Crippen LogP contribution in [-0.4, -0.2) is 20.9 Å². The number of nitrogens with two attached hydrogens (primary N) is 1. The summed E-state index contributed by atoms with van der Waals surface area (Å²) in [5.41, 5.74) is 8.07. The molecule has 0 radical (unpaired) electrons. The van der Waals surface area contributed by atoms with Crippen molar-refractivity contribution in [2.75, 3.05) is 5.73 Å². The van der Waals surface area contributed by atoms with Gasteiger partial charge in [0.15, 0.2) is 5.41 Å². The van der Waals surface area contributed by atoms with Gasteiger partial charge < -0.3 is 10.8 Å². The van der Waals surface area contributed by atoms with Crippen LogP contribution in [0.2, 0.25) is 0 Å². The molecule has 6 nitrogen and oxygen atoms in total. The minimum absolute atomic E-state index is 0.265. The minimum atomic E-state index is -1.70. The highest BCUT2D eigenvalue weighted by atomic mass is 16.4. The maximum atomic E-state index is 11.6. The molecule has 26 heavy (non-hydrogen) atoms. The molecule has 130 valence electrons. The maximum absolute atomic E-state index is 11.6. The van der Waals surface area contributed by atoms with Crippen LogP contribution in [0.3, 0.4) is 0 Å². The standard InChI is InChI=1S/C20H18N4O2/c1-13-10-14(11-16(22)18(13)20(2,12-21)19(25)26)17-8-9-24(23-17)15-6-4-3-5-7-15/h3-11H,22H2,1-2H3,(H,25,26). The number of carbonyl (C=O) groups is 1. The summed E-state index contributed by atoms with van der Waals surface area (Å²) in [6.45, 7) is 3.11. The Balaban J connectivity index is 2.06. The number of rotatable bonds is 4. The summed E-state index contributed by atoms with van der Waals surface area (Å²) in [6, 6.07) is 16.9. The molecule has 0 spiro atoms. The van der Waals surface area contributed by atoms with Crippen LogP contribution in [0.25, 0.3) is 16.9 Å². The van der Waals surface area contributed by atoms with Gasteiger partial charge in [0.2, 0.25) is 0 Å². The van der Waals surface area contributed by atoms with Gasteiger partial charge in [-0.1, -0.05) is 18.2 Å². The van der Waals surface area contributed by atoms with Crippen molar-refractivity contribution in [3.8, 4) is 23.0 Å². The van der Waals surface area contributed by atoms with Crippen molar-refractivity contribution in [1.29, 1.82) is 5.26 Å². The Morgan fingerprint density at radius 3 is 2.54 bits per heavy atom. The molecule has 0 saturated heterocycles. The van der Waals surface area contributed by atoms with Crippen LogP contribution in [-0.2, 0) is 10.2 Å². The first kappa shape index (κ1) is 17.2. The zero-order chi connectivity index (χ0) is 18.9. The fraction of sp³-hybridized carbons (Fsp3) is 0.150. The van der Waals surface area contributed by atoms with Crippen molar-refractivity contribution in [3.05, 3.63) is 65.9 Å². The molecule has 1 unspecified atom stereocenters. The lowest BCUT2D eigenvalue weighted by Crippen LogP contribution is -2.32. The number of benzene rings is 2. The molecule has 2 aromatic carbocycles. The van der Waals surface area contributed by atoms with Crippen molar-refractivity contribution in [2.24, 2.45) is 0 Å². The summed E-state index contributed by atoms with van der Waals surface area (Å²) in [5.74, 6) is -1.23. The zero-order valence-corrected chi connectivity index (χ0v) is 14.5. The van der Waals surface area contributed by atoms with E-state index in [0.717, 1.165) is 11.3 Å². The predicted octanol–water partition coefficient (Wildman–Crippen LogP) is 3.30. The van der Waals surface area contributed by atoms with Gasteiger partial charge in [0.25, 0.3) is 0 Å². The van der Waals surface area contributed by atoms with Crippen LogP contribution < -0.4 is 5.73 Å². The SMILES string of the molecule is Cc1cc(-c2ccn(-c3ccccc3)n2)cc(N)c1C(C)(C#N)C(=O)O. The number of nitrogens with zero attached hydrogens (tertiary/aromatic N) is 3. The number of nitriles is 1. The van der Waals surface area contributed by atoms with E-state index in [2.05, 4.69) is 5.10 Å². The number of nitrogen functional groups attached to an aromatic ring is 1. The lowest BCUT2D eigenvalue weighted by molar-refractivity contribution is -0.141. The summed E-state index contributed by atoms with van der Waals surface area (Å²) in [4.78, 5) is 11.6. The van der Waals surface area contributed by atoms with Gasteiger partial charge in [-0.25, -0.2) is 4.68 Å². The first-order valence-electron chi connectivity index (χ1n) is 8.03. The molecule has 1 aromatic heterocycles. The maximum Gasteiger partial charge on any atom is 0.328 e. The molecular formula is C20H18N4O2. The Hall–Kier alpha value is -3.59. The number of aryl methyl sites for hydroxylation is 1. The summed E-state index contributed by atoms with van der Waals surface area (Å²) in [6.07, 6.45) is 1.85. The van der Waals surface area contributed by atoms with E-state index in [-0.39, 0.29) is 5.69 Å². The van der Waals surface area contributed by atoms with Crippen LogP contribution >= 0.6 is 0 Å². The average molecular weight is 346 g/mol. The van der Waals surface area contributed by atoms with Crippen molar-refractivity contribution in [2.45, 2.75) is 19.3 Å². The second-order valence-corrected chi connectivity index (χ2v) is 6.28. The highest BCUT2D eigenvalue weighted by molar-refractivity contribution is 5.88. The lowest BCUT2D eigenvalue weighted by atomic mass is 9.79. The molecule has 6 heteroatoms. The fourth-order valence-corrected chi connectivity index (χ4v) is 3.06. The van der Waals surface area contributed by atoms with Gasteiger partial charge in [-0.3, -0.25) is 4.79 Å². The smallest absolute Gasteiger partial charge is 0.328 e. The first-order chi connectivity index (χ1) is 12.4. The van der Waals surface area contributed by atoms with Gasteiger partial charge in [-0.2, -0.15) is 10.4 Å². The number of aromatic nitrogens is 2. The summed E-state index contributed by atoms with van der Waals surface area (Å²) < 4.78 is 1.76. The molecule has 0 aliphatic rings. The predicted molar refractivity (Wildman–Crippen MR) is 98.8 cm³/mol. The monoisotopic (exact) mass is 346 g/mol. The Morgan fingerprint density at radius 2 is 1.96 bits per heavy atom. The van der Waals surface area contributed by atoms with Crippen LogP contribution in [0.1, 0.15) is 18.1 Å². The average Bonchev–Trinajstić information content (AvgIpc) is 3.11. The first-order valence-corrected chi connectivity index (χ1v) is 8.03. The molecule has 3 N–H and O–H groups in total. The zero-order valence-electron chi connectivity index (χ0n) is 14.5. The molecule has 1 heterocycles. The highest BCUT2D eigenvalue weighted by Gasteiger charge is 2.38. The van der Waals surface area contributed by atoms with E-state index in [4.69, 9.17) is 5.73 Å². The number of hydrogen-bond acceptors (Lipinski definition) is 4. The lowest BCUT2D eigenvalue weighted by Gasteiger charge is -2.22. The molecular weight excluding hydrogens is 328 g/mol. The number of aliphatic carboxylic acids is 1. The van der Waals surface area contributed by atoms with Crippen LogP contribution in [0.5, 0.6) is 0 Å². The quantitative estimate of drug-likeness (QED) is 0.705. The van der Waals surface area contributed by atoms with Crippen molar-refractivity contribution in [1.82, 2.24) is 9.78 Å². The number of carboxylic acids is 1. The molecule has 0 saturated carbocycles. The Labute approximate surface area is 151 Å². The Bertz CT molecular complexity index is 995. The van der Waals surface area contributed by atoms with Crippen molar-refractivity contribution >= 4 is 11.7 Å². The van der Waals surface area contributed by atoms with Gasteiger partial charge in [-0.05, 0) is 49.7 Å². The van der Waals surface area contributed by atoms with E-state index in [1.807, 2.05) is 54.7 Å². The Kier molecular flexibility index (Phi) is 4.23. The molecule has 3 aromatic rings. The molecule has 3 rings (SSSR count). The molecule has 0 amide bonds. The largest absolute Gasteiger partial charge is 0.480 e. The highest BCUT2D eigenvalue weighted by Crippen LogP contribution is 2.35. The molecule has 0 aliphatic carbocycles. The van der Waals surface area contributed by atoms with E-state index in [1.165, 1.54) is 6.92 Å². The van der Waals surface area contributed by atoms with Crippen molar-refractivity contribution < 1.29 is 9.90 Å². The minimum Gasteiger partial charge on any atom is -0.480 e. The summed E-state index contributed by atoms with van der Waals surface area (Å²) >= 11 is 0. The molecule has 0 bridgehead atoms. The summed E-state index contributed by atoms with van der Waals surface area (Å²) in [7, 11) is 0. The molecule has 0 aliphatic heterocycles. The van der Waals surface area contributed by atoms with E-state index >= 15 is 0 Å². The van der Waals surface area contributed by atoms with E-state index in [1.54, 1.807) is 17.7 Å². The van der Waals surface area contributed by atoms with Crippen LogP contribution in [0, 0.1) is 18.3 Å². The second-order valence-electron chi connectivity index (χ2n) is 6.28. The third-order valence-electron chi connectivity index (χ3n) is 4.42. The second kappa shape index (κ2) is 6.37. The van der Waals surface area contributed by atoms with Crippen molar-refractivity contribution in [3.63, 3.8) is 0 Å². The number of carboxylic acid groups (broad SMARTS) is 1. The van der Waals surface area contributed by atoms with Crippen LogP contribution in [0.4, 0.5) is 5.69 Å². The van der Waals surface area contributed by atoms with Gasteiger partial charge in [0, 0.05) is 23.0 Å². The number of anilines is 1. The summed E-state index contributed by atoms with van der Waals surface area (Å²) in [5, 5.41) is 23.4. The van der Waals surface area contributed by atoms with E-state index < -0.39 is 11.4 Å². The van der Waals surface area contributed by atoms with Gasteiger partial charge >= 0.3 is 5.97 Å². The fourth-order valence-electron chi connectivity index (χ4n) is 3.06. The van der Waals surface area contributed by atoms with Gasteiger partial charge in [-0.15, -0.1) is 0 Å². The van der Waals surface area contributed by atoms with Gasteiger partial charge in [0.1, 0.15) is 0 Å². The van der Waals surface area contributed by atoms with E-state index in [9.17, 15) is 15.2 Å². The molecule has 1 atom stereocenters. The van der Waals surface area contributed by atoms with Gasteiger partial charge in [0.05, 0.1) is 17.5 Å². The number of para-hydroxylation sites is 1. The third kappa shape index (κ3) is 2.80. The normalized spacial score (nSPS) is 13.0. The van der Waals surface area contributed by atoms with E-state index in [0.29, 0.717) is 16.8 Å². The topological polar surface area (TPSA) is 105 Å². The Morgan fingerprint density at radius 1 is 1.27 bits per heavy atom. The molecule has 0 fully saturated rings.